The molecule has 0 aromatic heterocycles. The van der Waals surface area contributed by atoms with Crippen molar-refractivity contribution in [3.8, 4) is 0 Å². The summed E-state index contributed by atoms with van der Waals surface area (Å²) in [7, 11) is -3.81. The van der Waals surface area contributed by atoms with Gasteiger partial charge in [-0.2, -0.15) is 0 Å². The van der Waals surface area contributed by atoms with Crippen molar-refractivity contribution in [1.82, 2.24) is 4.72 Å². The molecule has 1 aromatic rings. The van der Waals surface area contributed by atoms with Crippen molar-refractivity contribution in [1.29, 1.82) is 0 Å². The Bertz CT molecular complexity index is 610. The molecule has 0 aliphatic heterocycles. The Morgan fingerprint density at radius 3 is 2.43 bits per heavy atom. The zero-order valence-corrected chi connectivity index (χ0v) is 13.1. The van der Waals surface area contributed by atoms with E-state index in [4.69, 9.17) is 5.11 Å². The molecule has 0 bridgehead atoms. The summed E-state index contributed by atoms with van der Waals surface area (Å²) in [6.45, 7) is 5.02. The Morgan fingerprint density at radius 2 is 1.95 bits per heavy atom. The van der Waals surface area contributed by atoms with Crippen molar-refractivity contribution >= 4 is 16.0 Å². The Labute approximate surface area is 124 Å². The molecule has 2 unspecified atom stereocenters. The van der Waals surface area contributed by atoms with Gasteiger partial charge >= 0.3 is 5.97 Å². The average molecular weight is 315 g/mol. The number of rotatable bonds is 7. The van der Waals surface area contributed by atoms with Crippen molar-refractivity contribution in [2.24, 2.45) is 0 Å². The fourth-order valence-electron chi connectivity index (χ4n) is 2.12. The summed E-state index contributed by atoms with van der Waals surface area (Å²) in [6, 6.07) is 3.62. The Balaban J connectivity index is 3.09. The van der Waals surface area contributed by atoms with Gasteiger partial charge in [-0.05, 0) is 44.4 Å². The molecule has 21 heavy (non-hydrogen) atoms. The van der Waals surface area contributed by atoms with E-state index < -0.39 is 28.1 Å². The fraction of sp³-hybridized carbons (Fsp3) is 0.500. The summed E-state index contributed by atoms with van der Waals surface area (Å²) in [5.41, 5.74) is 0.571. The highest BCUT2D eigenvalue weighted by Crippen LogP contribution is 2.17. The molecule has 118 valence electrons. The molecule has 1 rings (SSSR count). The van der Waals surface area contributed by atoms with Crippen LogP contribution in [0, 0.1) is 0 Å². The van der Waals surface area contributed by atoms with E-state index in [1.54, 1.807) is 20.8 Å². The van der Waals surface area contributed by atoms with Crippen molar-refractivity contribution in [3.63, 3.8) is 0 Å². The number of sulfonamides is 1. The van der Waals surface area contributed by atoms with Crippen LogP contribution in [-0.2, 0) is 16.4 Å². The van der Waals surface area contributed by atoms with Crippen LogP contribution in [0.2, 0.25) is 0 Å². The molecule has 0 heterocycles. The number of nitrogens with one attached hydrogen (secondary N) is 1. The number of aromatic carboxylic acids is 1. The number of benzene rings is 1. The van der Waals surface area contributed by atoms with Gasteiger partial charge in [-0.15, -0.1) is 0 Å². The fourth-order valence-corrected chi connectivity index (χ4v) is 3.41. The molecule has 3 N–H and O–H groups in total. The summed E-state index contributed by atoms with van der Waals surface area (Å²) in [6.07, 6.45) is 0.158. The average Bonchev–Trinajstić information content (AvgIpc) is 2.35. The SMILES string of the molecule is CCc1ccc(S(=O)(=O)NC(C)CC(C)O)cc1C(=O)O. The Kier molecular flexibility index (Phi) is 5.88. The molecular weight excluding hydrogens is 294 g/mol. The van der Waals surface area contributed by atoms with E-state index in [1.165, 1.54) is 18.2 Å². The lowest BCUT2D eigenvalue weighted by molar-refractivity contribution is 0.0695. The van der Waals surface area contributed by atoms with Crippen LogP contribution in [0.15, 0.2) is 23.1 Å². The monoisotopic (exact) mass is 315 g/mol. The second-order valence-corrected chi connectivity index (χ2v) is 6.80. The predicted molar refractivity (Wildman–Crippen MR) is 78.9 cm³/mol. The summed E-state index contributed by atoms with van der Waals surface area (Å²) in [4.78, 5) is 11.1. The number of carboxylic acids is 1. The van der Waals surface area contributed by atoms with Gasteiger partial charge in [-0.3, -0.25) is 0 Å². The summed E-state index contributed by atoms with van der Waals surface area (Å²) in [5.74, 6) is -1.15. The molecule has 0 spiro atoms. The van der Waals surface area contributed by atoms with Gasteiger partial charge in [-0.1, -0.05) is 13.0 Å². The maximum absolute atomic E-state index is 12.2. The molecule has 0 aliphatic rings. The minimum absolute atomic E-state index is 0.0106. The van der Waals surface area contributed by atoms with E-state index in [0.29, 0.717) is 12.0 Å². The zero-order chi connectivity index (χ0) is 16.2. The lowest BCUT2D eigenvalue weighted by atomic mass is 10.1. The first-order valence-corrected chi connectivity index (χ1v) is 8.22. The summed E-state index contributed by atoms with van der Waals surface area (Å²) in [5, 5.41) is 18.4. The highest BCUT2D eigenvalue weighted by molar-refractivity contribution is 7.89. The molecule has 0 saturated carbocycles. The van der Waals surface area contributed by atoms with Crippen LogP contribution in [0.1, 0.15) is 43.1 Å². The van der Waals surface area contributed by atoms with E-state index >= 15 is 0 Å². The third-order valence-electron chi connectivity index (χ3n) is 3.05. The lowest BCUT2D eigenvalue weighted by Gasteiger charge is -2.16. The normalized spacial score (nSPS) is 14.7. The van der Waals surface area contributed by atoms with Crippen LogP contribution in [0.4, 0.5) is 0 Å². The highest BCUT2D eigenvalue weighted by Gasteiger charge is 2.21. The number of carboxylic acid groups (broad SMARTS) is 1. The van der Waals surface area contributed by atoms with Gasteiger partial charge < -0.3 is 10.2 Å². The largest absolute Gasteiger partial charge is 0.478 e. The number of hydrogen-bond donors (Lipinski definition) is 3. The van der Waals surface area contributed by atoms with Gasteiger partial charge in [0, 0.05) is 6.04 Å². The molecule has 2 atom stereocenters. The maximum atomic E-state index is 12.2. The van der Waals surface area contributed by atoms with Gasteiger partial charge in [0.25, 0.3) is 0 Å². The molecule has 6 nitrogen and oxygen atoms in total. The van der Waals surface area contributed by atoms with Crippen molar-refractivity contribution in [2.75, 3.05) is 0 Å². The second-order valence-electron chi connectivity index (χ2n) is 5.08. The van der Waals surface area contributed by atoms with E-state index in [2.05, 4.69) is 4.72 Å². The molecule has 0 saturated heterocycles. The molecule has 0 fully saturated rings. The van der Waals surface area contributed by atoms with Crippen molar-refractivity contribution < 1.29 is 23.4 Å². The third kappa shape index (κ3) is 4.80. The number of aliphatic hydroxyl groups excluding tert-OH is 1. The first kappa shape index (κ1) is 17.6. The number of hydrogen-bond acceptors (Lipinski definition) is 4. The predicted octanol–water partition coefficient (Wildman–Crippen LogP) is 1.38. The van der Waals surface area contributed by atoms with Crippen LogP contribution in [0.3, 0.4) is 0 Å². The second kappa shape index (κ2) is 7.02. The minimum Gasteiger partial charge on any atom is -0.478 e. The van der Waals surface area contributed by atoms with E-state index in [1.807, 2.05) is 0 Å². The van der Waals surface area contributed by atoms with Crippen LogP contribution < -0.4 is 4.72 Å². The Hall–Kier alpha value is -1.44. The number of aryl methyl sites for hydroxylation is 1. The molecule has 0 radical (unpaired) electrons. The smallest absolute Gasteiger partial charge is 0.336 e. The highest BCUT2D eigenvalue weighted by atomic mass is 32.2. The van der Waals surface area contributed by atoms with Crippen LogP contribution >= 0.6 is 0 Å². The molecule has 0 aliphatic carbocycles. The quantitative estimate of drug-likeness (QED) is 0.705. The maximum Gasteiger partial charge on any atom is 0.336 e. The topological polar surface area (TPSA) is 104 Å². The standard InChI is InChI=1S/C14H21NO5S/c1-4-11-5-6-12(8-13(11)14(17)18)21(19,20)15-9(2)7-10(3)16/h5-6,8-10,15-16H,4,7H2,1-3H3,(H,17,18). The van der Waals surface area contributed by atoms with E-state index in [0.717, 1.165) is 0 Å². The molecule has 0 amide bonds. The van der Waals surface area contributed by atoms with Crippen LogP contribution in [0.5, 0.6) is 0 Å². The molecule has 7 heteroatoms. The van der Waals surface area contributed by atoms with Crippen molar-refractivity contribution in [2.45, 2.75) is 50.7 Å². The van der Waals surface area contributed by atoms with Gasteiger partial charge in [0.15, 0.2) is 0 Å². The molecule has 1 aromatic carbocycles. The van der Waals surface area contributed by atoms with Crippen molar-refractivity contribution in [3.05, 3.63) is 29.3 Å². The number of carbonyl (C=O) groups is 1. The summed E-state index contributed by atoms with van der Waals surface area (Å²) < 4.78 is 26.9. The zero-order valence-electron chi connectivity index (χ0n) is 12.3. The van der Waals surface area contributed by atoms with Gasteiger partial charge in [0.1, 0.15) is 0 Å². The Morgan fingerprint density at radius 1 is 1.33 bits per heavy atom. The van der Waals surface area contributed by atoms with Gasteiger partial charge in [0.2, 0.25) is 10.0 Å². The van der Waals surface area contributed by atoms with Gasteiger partial charge in [0.05, 0.1) is 16.6 Å². The lowest BCUT2D eigenvalue weighted by Crippen LogP contribution is -2.34. The summed E-state index contributed by atoms with van der Waals surface area (Å²) >= 11 is 0. The first-order chi connectivity index (χ1) is 9.67. The van der Waals surface area contributed by atoms with Gasteiger partial charge in [-0.25, -0.2) is 17.9 Å². The van der Waals surface area contributed by atoms with E-state index in [9.17, 15) is 18.3 Å². The van der Waals surface area contributed by atoms with E-state index in [-0.39, 0.29) is 16.9 Å². The van der Waals surface area contributed by atoms with Crippen LogP contribution in [-0.4, -0.2) is 36.7 Å². The number of aliphatic hydroxyl groups is 1. The first-order valence-electron chi connectivity index (χ1n) is 6.74. The third-order valence-corrected chi connectivity index (χ3v) is 4.64. The van der Waals surface area contributed by atoms with Crippen LogP contribution in [0.25, 0.3) is 0 Å². The molecular formula is C14H21NO5S. The minimum atomic E-state index is -3.81.